The van der Waals surface area contributed by atoms with Gasteiger partial charge in [-0.2, -0.15) is 0 Å². The molecule has 1 amide bonds. The highest BCUT2D eigenvalue weighted by atomic mass is 16.5. The number of nitrogens with one attached hydrogen (secondary N) is 1. The number of carbonyl (C=O) groups is 2. The summed E-state index contributed by atoms with van der Waals surface area (Å²) < 4.78 is 25.9. The van der Waals surface area contributed by atoms with Gasteiger partial charge in [-0.3, -0.25) is 9.59 Å². The molecule has 0 saturated heterocycles. The van der Waals surface area contributed by atoms with Gasteiger partial charge in [0.05, 0.1) is 34.9 Å². The Kier molecular flexibility index (Phi) is 8.14. The topological polar surface area (TPSA) is 92.3 Å². The van der Waals surface area contributed by atoms with Gasteiger partial charge in [0.15, 0.2) is 18.1 Å². The Bertz CT molecular complexity index is 808. The summed E-state index contributed by atoms with van der Waals surface area (Å²) in [4.78, 5) is 24.0. The predicted molar refractivity (Wildman–Crippen MR) is 106 cm³/mol. The second kappa shape index (κ2) is 10.8. The minimum absolute atomic E-state index is 0.0392. The molecule has 156 valence electrons. The van der Waals surface area contributed by atoms with Crippen molar-refractivity contribution >= 4 is 11.9 Å². The van der Waals surface area contributed by atoms with Crippen LogP contribution in [0.3, 0.4) is 0 Å². The molecule has 0 aliphatic rings. The Labute approximate surface area is 169 Å². The van der Waals surface area contributed by atoms with Crippen LogP contribution < -0.4 is 24.3 Å². The van der Waals surface area contributed by atoms with Crippen molar-refractivity contribution in [1.29, 1.82) is 0 Å². The molecule has 1 N–H and O–H groups in total. The summed E-state index contributed by atoms with van der Waals surface area (Å²) in [7, 11) is 6.07. The summed E-state index contributed by atoms with van der Waals surface area (Å²) in [5.74, 6) is 1.11. The van der Waals surface area contributed by atoms with Crippen molar-refractivity contribution in [2.24, 2.45) is 0 Å². The van der Waals surface area contributed by atoms with E-state index in [-0.39, 0.29) is 18.9 Å². The largest absolute Gasteiger partial charge is 0.497 e. The van der Waals surface area contributed by atoms with Crippen LogP contribution >= 0.6 is 0 Å². The van der Waals surface area contributed by atoms with E-state index in [1.165, 1.54) is 21.3 Å². The fourth-order valence-corrected chi connectivity index (χ4v) is 2.60. The standard InChI is InChI=1S/C21H25NO7/c1-25-16-7-5-14(6-8-16)12-22-19(23)13-29-20(24)11-15-9-17(26-2)21(28-4)18(10-15)27-3/h5-10H,11-13H2,1-4H3,(H,22,23). The highest BCUT2D eigenvalue weighted by Crippen LogP contribution is 2.38. The SMILES string of the molecule is COc1ccc(CNC(=O)COC(=O)Cc2cc(OC)c(OC)c(OC)c2)cc1. The van der Waals surface area contributed by atoms with Crippen LogP contribution in [0.5, 0.6) is 23.0 Å². The first-order valence-corrected chi connectivity index (χ1v) is 8.84. The second-order valence-electron chi connectivity index (χ2n) is 6.00. The van der Waals surface area contributed by atoms with Gasteiger partial charge < -0.3 is 29.0 Å². The zero-order valence-corrected chi connectivity index (χ0v) is 16.9. The van der Waals surface area contributed by atoms with Crippen LogP contribution in [0.25, 0.3) is 0 Å². The molecule has 0 fully saturated rings. The van der Waals surface area contributed by atoms with Crippen molar-refractivity contribution in [2.75, 3.05) is 35.0 Å². The molecule has 8 nitrogen and oxygen atoms in total. The molecule has 0 heterocycles. The molecule has 0 bridgehead atoms. The maximum Gasteiger partial charge on any atom is 0.310 e. The van der Waals surface area contributed by atoms with Gasteiger partial charge in [0.1, 0.15) is 5.75 Å². The van der Waals surface area contributed by atoms with Gasteiger partial charge in [0, 0.05) is 6.54 Å². The van der Waals surface area contributed by atoms with Gasteiger partial charge in [-0.1, -0.05) is 12.1 Å². The van der Waals surface area contributed by atoms with E-state index in [0.717, 1.165) is 11.3 Å². The molecule has 2 rings (SSSR count). The molecular weight excluding hydrogens is 378 g/mol. The lowest BCUT2D eigenvalue weighted by Crippen LogP contribution is -2.28. The van der Waals surface area contributed by atoms with Crippen LogP contribution in [-0.4, -0.2) is 46.9 Å². The van der Waals surface area contributed by atoms with Crippen LogP contribution in [-0.2, 0) is 27.3 Å². The molecule has 29 heavy (non-hydrogen) atoms. The minimum atomic E-state index is -0.543. The van der Waals surface area contributed by atoms with Crippen LogP contribution in [0.15, 0.2) is 36.4 Å². The van der Waals surface area contributed by atoms with Crippen molar-refractivity contribution in [3.05, 3.63) is 47.5 Å². The van der Waals surface area contributed by atoms with Gasteiger partial charge in [-0.05, 0) is 35.4 Å². The first-order valence-electron chi connectivity index (χ1n) is 8.84. The lowest BCUT2D eigenvalue weighted by atomic mass is 10.1. The van der Waals surface area contributed by atoms with Crippen molar-refractivity contribution in [3.63, 3.8) is 0 Å². The summed E-state index contributed by atoms with van der Waals surface area (Å²) in [5, 5.41) is 2.69. The second-order valence-corrected chi connectivity index (χ2v) is 6.00. The van der Waals surface area contributed by atoms with Crippen molar-refractivity contribution in [3.8, 4) is 23.0 Å². The summed E-state index contributed by atoms with van der Waals surface area (Å²) in [6.45, 7) is -0.0351. The molecular formula is C21H25NO7. The van der Waals surface area contributed by atoms with E-state index < -0.39 is 5.97 Å². The number of hydrogen-bond acceptors (Lipinski definition) is 7. The lowest BCUT2D eigenvalue weighted by Gasteiger charge is -2.14. The number of esters is 1. The van der Waals surface area contributed by atoms with Crippen LogP contribution in [0.2, 0.25) is 0 Å². The molecule has 0 saturated carbocycles. The maximum absolute atomic E-state index is 12.1. The van der Waals surface area contributed by atoms with Gasteiger partial charge >= 0.3 is 5.97 Å². The van der Waals surface area contributed by atoms with E-state index in [2.05, 4.69) is 5.32 Å². The molecule has 2 aromatic rings. The number of rotatable bonds is 10. The van der Waals surface area contributed by atoms with E-state index in [9.17, 15) is 9.59 Å². The molecule has 0 unspecified atom stereocenters. The Balaban J connectivity index is 1.85. The van der Waals surface area contributed by atoms with Gasteiger partial charge in [0.2, 0.25) is 5.75 Å². The van der Waals surface area contributed by atoms with Crippen molar-refractivity contribution in [2.45, 2.75) is 13.0 Å². The molecule has 0 atom stereocenters. The lowest BCUT2D eigenvalue weighted by molar-refractivity contribution is -0.147. The number of ether oxygens (including phenoxy) is 5. The zero-order chi connectivity index (χ0) is 21.2. The van der Waals surface area contributed by atoms with E-state index in [0.29, 0.717) is 29.4 Å². The predicted octanol–water partition coefficient (Wildman–Crippen LogP) is 2.12. The fraction of sp³-hybridized carbons (Fsp3) is 0.333. The Hall–Kier alpha value is -3.42. The summed E-state index contributed by atoms with van der Waals surface area (Å²) >= 11 is 0. The van der Waals surface area contributed by atoms with E-state index in [4.69, 9.17) is 23.7 Å². The van der Waals surface area contributed by atoms with E-state index in [1.54, 1.807) is 31.4 Å². The van der Waals surface area contributed by atoms with Crippen LogP contribution in [0.4, 0.5) is 0 Å². The van der Waals surface area contributed by atoms with Gasteiger partial charge in [-0.15, -0.1) is 0 Å². The van der Waals surface area contributed by atoms with Gasteiger partial charge in [0.25, 0.3) is 5.91 Å². The first kappa shape index (κ1) is 21.9. The first-order chi connectivity index (χ1) is 14.0. The number of hydrogen-bond donors (Lipinski definition) is 1. The van der Waals surface area contributed by atoms with E-state index in [1.807, 2.05) is 12.1 Å². The highest BCUT2D eigenvalue weighted by molar-refractivity contribution is 5.81. The Morgan fingerprint density at radius 3 is 1.97 bits per heavy atom. The molecule has 0 spiro atoms. The average Bonchev–Trinajstić information content (AvgIpc) is 2.75. The molecule has 0 aliphatic heterocycles. The molecule has 2 aromatic carbocycles. The van der Waals surface area contributed by atoms with E-state index >= 15 is 0 Å². The molecule has 0 aliphatic carbocycles. The molecule has 0 radical (unpaired) electrons. The van der Waals surface area contributed by atoms with Gasteiger partial charge in [-0.25, -0.2) is 0 Å². The Morgan fingerprint density at radius 1 is 0.828 bits per heavy atom. The monoisotopic (exact) mass is 403 g/mol. The van der Waals surface area contributed by atoms with Crippen molar-refractivity contribution in [1.82, 2.24) is 5.32 Å². The average molecular weight is 403 g/mol. The molecule has 0 aromatic heterocycles. The Morgan fingerprint density at radius 2 is 1.45 bits per heavy atom. The smallest absolute Gasteiger partial charge is 0.310 e. The maximum atomic E-state index is 12.1. The third-order valence-corrected chi connectivity index (χ3v) is 4.09. The molecule has 8 heteroatoms. The highest BCUT2D eigenvalue weighted by Gasteiger charge is 2.16. The summed E-state index contributed by atoms with van der Waals surface area (Å²) in [6, 6.07) is 10.6. The minimum Gasteiger partial charge on any atom is -0.497 e. The third kappa shape index (κ3) is 6.31. The summed E-state index contributed by atoms with van der Waals surface area (Å²) in [5.41, 5.74) is 1.52. The van der Waals surface area contributed by atoms with Crippen LogP contribution in [0.1, 0.15) is 11.1 Å². The number of amides is 1. The third-order valence-electron chi connectivity index (χ3n) is 4.09. The number of carbonyl (C=O) groups excluding carboxylic acids is 2. The van der Waals surface area contributed by atoms with Crippen LogP contribution in [0, 0.1) is 0 Å². The summed E-state index contributed by atoms with van der Waals surface area (Å²) in [6.07, 6.45) is -0.0392. The number of methoxy groups -OCH3 is 4. The number of benzene rings is 2. The zero-order valence-electron chi connectivity index (χ0n) is 16.9. The fourth-order valence-electron chi connectivity index (χ4n) is 2.60. The normalized spacial score (nSPS) is 10.1. The quantitative estimate of drug-likeness (QED) is 0.608. The van der Waals surface area contributed by atoms with Crippen molar-refractivity contribution < 1.29 is 33.3 Å².